The number of nitrogens with zero attached hydrogens (tertiary/aromatic N) is 2. The van der Waals surface area contributed by atoms with Crippen molar-refractivity contribution < 1.29 is 9.53 Å². The van der Waals surface area contributed by atoms with Crippen molar-refractivity contribution in [2.24, 2.45) is 0 Å². The summed E-state index contributed by atoms with van der Waals surface area (Å²) in [5.41, 5.74) is 0.455. The Hall–Kier alpha value is -2.47. The lowest BCUT2D eigenvalue weighted by Crippen LogP contribution is -2.42. The molecule has 0 atom stereocenters. The van der Waals surface area contributed by atoms with Gasteiger partial charge in [-0.3, -0.25) is 9.59 Å². The summed E-state index contributed by atoms with van der Waals surface area (Å²) in [5.74, 6) is 0.158. The van der Waals surface area contributed by atoms with Crippen LogP contribution in [0.15, 0.2) is 41.3 Å². The van der Waals surface area contributed by atoms with E-state index in [1.54, 1.807) is 4.90 Å². The van der Waals surface area contributed by atoms with E-state index < -0.39 is 5.56 Å². The fourth-order valence-corrected chi connectivity index (χ4v) is 2.23. The summed E-state index contributed by atoms with van der Waals surface area (Å²) in [7, 11) is 0. The second-order valence-electron chi connectivity index (χ2n) is 4.75. The molecule has 108 valence electrons. The van der Waals surface area contributed by atoms with Crippen LogP contribution in [0.4, 0.5) is 0 Å². The molecule has 1 aliphatic rings. The molecule has 1 amide bonds. The van der Waals surface area contributed by atoms with Crippen molar-refractivity contribution >= 4 is 5.91 Å². The maximum absolute atomic E-state index is 12.3. The van der Waals surface area contributed by atoms with Gasteiger partial charge in [0.1, 0.15) is 11.4 Å². The highest BCUT2D eigenvalue weighted by Crippen LogP contribution is 2.12. The molecule has 0 spiro atoms. The van der Waals surface area contributed by atoms with Crippen LogP contribution in [0.25, 0.3) is 11.4 Å². The molecule has 1 N–H and O–H groups in total. The molecular weight excluding hydrogens is 270 g/mol. The molecule has 1 aliphatic heterocycles. The fraction of sp³-hybridized carbons (Fsp3) is 0.267. The van der Waals surface area contributed by atoms with Gasteiger partial charge in [0.05, 0.1) is 13.2 Å². The summed E-state index contributed by atoms with van der Waals surface area (Å²) in [6.07, 6.45) is 1.35. The van der Waals surface area contributed by atoms with E-state index in [0.717, 1.165) is 5.56 Å². The molecule has 1 aromatic carbocycles. The molecule has 1 saturated heterocycles. The second-order valence-corrected chi connectivity index (χ2v) is 4.75. The van der Waals surface area contributed by atoms with Crippen molar-refractivity contribution in [3.63, 3.8) is 0 Å². The Morgan fingerprint density at radius 3 is 2.57 bits per heavy atom. The van der Waals surface area contributed by atoms with Gasteiger partial charge < -0.3 is 14.6 Å². The largest absolute Gasteiger partial charge is 0.378 e. The number of carbonyl (C=O) groups is 1. The Balaban J connectivity index is 1.88. The van der Waals surface area contributed by atoms with E-state index in [1.807, 2.05) is 30.3 Å². The third kappa shape index (κ3) is 2.85. The van der Waals surface area contributed by atoms with Crippen molar-refractivity contribution in [1.29, 1.82) is 0 Å². The van der Waals surface area contributed by atoms with Crippen LogP contribution in [0.5, 0.6) is 0 Å². The van der Waals surface area contributed by atoms with Gasteiger partial charge >= 0.3 is 0 Å². The van der Waals surface area contributed by atoms with Gasteiger partial charge in [-0.15, -0.1) is 0 Å². The molecule has 6 heteroatoms. The summed E-state index contributed by atoms with van der Waals surface area (Å²) in [6, 6.07) is 9.31. The van der Waals surface area contributed by atoms with Crippen molar-refractivity contribution in [1.82, 2.24) is 14.9 Å². The van der Waals surface area contributed by atoms with Gasteiger partial charge in [0, 0.05) is 24.8 Å². The van der Waals surface area contributed by atoms with Gasteiger partial charge in [-0.05, 0) is 0 Å². The minimum atomic E-state index is -0.416. The van der Waals surface area contributed by atoms with Crippen molar-refractivity contribution in [2.75, 3.05) is 26.3 Å². The van der Waals surface area contributed by atoms with Crippen LogP contribution in [0.1, 0.15) is 10.4 Å². The number of ether oxygens (including phenoxy) is 1. The van der Waals surface area contributed by atoms with Crippen molar-refractivity contribution in [3.05, 3.63) is 52.4 Å². The quantitative estimate of drug-likeness (QED) is 0.890. The van der Waals surface area contributed by atoms with E-state index in [0.29, 0.717) is 32.1 Å². The van der Waals surface area contributed by atoms with E-state index >= 15 is 0 Å². The first-order valence-corrected chi connectivity index (χ1v) is 6.77. The summed E-state index contributed by atoms with van der Waals surface area (Å²) in [6.45, 7) is 2.00. The number of benzene rings is 1. The number of amides is 1. The third-order valence-corrected chi connectivity index (χ3v) is 3.38. The number of H-pyrrole nitrogens is 1. The van der Waals surface area contributed by atoms with Crippen LogP contribution in [-0.4, -0.2) is 47.1 Å². The monoisotopic (exact) mass is 285 g/mol. The summed E-state index contributed by atoms with van der Waals surface area (Å²) >= 11 is 0. The number of hydrogen-bond acceptors (Lipinski definition) is 4. The number of carbonyl (C=O) groups excluding carboxylic acids is 1. The van der Waals surface area contributed by atoms with Gasteiger partial charge in [0.2, 0.25) is 0 Å². The summed E-state index contributed by atoms with van der Waals surface area (Å²) in [5, 5.41) is 0. The van der Waals surface area contributed by atoms with E-state index in [9.17, 15) is 9.59 Å². The molecule has 6 nitrogen and oxygen atoms in total. The van der Waals surface area contributed by atoms with Gasteiger partial charge in [0.25, 0.3) is 11.5 Å². The van der Waals surface area contributed by atoms with Gasteiger partial charge in [0.15, 0.2) is 0 Å². The van der Waals surface area contributed by atoms with Crippen LogP contribution in [0.3, 0.4) is 0 Å². The molecular formula is C15H15N3O3. The standard InChI is InChI=1S/C15H15N3O3/c19-14-12(15(20)18-6-8-21-9-7-18)10-16-13(17-14)11-4-2-1-3-5-11/h1-5,10H,6-9H2,(H,16,17,19). The molecule has 2 aromatic rings. The number of aromatic amines is 1. The summed E-state index contributed by atoms with van der Waals surface area (Å²) < 4.78 is 5.20. The van der Waals surface area contributed by atoms with Crippen LogP contribution >= 0.6 is 0 Å². The second kappa shape index (κ2) is 5.88. The lowest BCUT2D eigenvalue weighted by Gasteiger charge is -2.26. The van der Waals surface area contributed by atoms with Crippen LogP contribution < -0.4 is 5.56 Å². The zero-order chi connectivity index (χ0) is 14.7. The molecule has 1 aromatic heterocycles. The Morgan fingerprint density at radius 1 is 1.19 bits per heavy atom. The first-order valence-electron chi connectivity index (χ1n) is 6.77. The number of aromatic nitrogens is 2. The van der Waals surface area contributed by atoms with Crippen LogP contribution in [0, 0.1) is 0 Å². The highest BCUT2D eigenvalue weighted by Gasteiger charge is 2.21. The maximum Gasteiger partial charge on any atom is 0.264 e. The Kier molecular flexibility index (Phi) is 3.79. The van der Waals surface area contributed by atoms with Gasteiger partial charge in [-0.2, -0.15) is 0 Å². The van der Waals surface area contributed by atoms with E-state index in [4.69, 9.17) is 4.74 Å². The topological polar surface area (TPSA) is 75.3 Å². The van der Waals surface area contributed by atoms with Gasteiger partial charge in [-0.1, -0.05) is 30.3 Å². The predicted octanol–water partition coefficient (Wildman–Crippen LogP) is 0.909. The Morgan fingerprint density at radius 2 is 1.90 bits per heavy atom. The third-order valence-electron chi connectivity index (χ3n) is 3.38. The van der Waals surface area contributed by atoms with Crippen molar-refractivity contribution in [2.45, 2.75) is 0 Å². The number of hydrogen-bond donors (Lipinski definition) is 1. The van der Waals surface area contributed by atoms with Gasteiger partial charge in [-0.25, -0.2) is 4.98 Å². The minimum Gasteiger partial charge on any atom is -0.378 e. The molecule has 0 saturated carbocycles. The van der Waals surface area contributed by atoms with E-state index in [2.05, 4.69) is 9.97 Å². The first kappa shape index (κ1) is 13.5. The average Bonchev–Trinajstić information content (AvgIpc) is 2.56. The molecule has 1 fully saturated rings. The van der Waals surface area contributed by atoms with E-state index in [-0.39, 0.29) is 11.5 Å². The van der Waals surface area contributed by atoms with Crippen LogP contribution in [0.2, 0.25) is 0 Å². The highest BCUT2D eigenvalue weighted by atomic mass is 16.5. The van der Waals surface area contributed by atoms with Crippen LogP contribution in [-0.2, 0) is 4.74 Å². The number of morpholine rings is 1. The maximum atomic E-state index is 12.3. The first-order chi connectivity index (χ1) is 10.3. The Bertz CT molecular complexity index is 691. The highest BCUT2D eigenvalue weighted by molar-refractivity contribution is 5.93. The molecule has 3 rings (SSSR count). The normalized spacial score (nSPS) is 15.0. The Labute approximate surface area is 121 Å². The number of nitrogens with one attached hydrogen (secondary N) is 1. The fourth-order valence-electron chi connectivity index (χ4n) is 2.23. The molecule has 0 aliphatic carbocycles. The predicted molar refractivity (Wildman–Crippen MR) is 77.0 cm³/mol. The lowest BCUT2D eigenvalue weighted by atomic mass is 10.2. The number of rotatable bonds is 2. The zero-order valence-electron chi connectivity index (χ0n) is 11.4. The zero-order valence-corrected chi connectivity index (χ0v) is 11.4. The summed E-state index contributed by atoms with van der Waals surface area (Å²) in [4.78, 5) is 32.9. The SMILES string of the molecule is O=C(c1cnc(-c2ccccc2)[nH]c1=O)N1CCOCC1. The molecule has 21 heavy (non-hydrogen) atoms. The minimum absolute atomic E-state index is 0.0663. The molecule has 0 radical (unpaired) electrons. The van der Waals surface area contributed by atoms with E-state index in [1.165, 1.54) is 6.20 Å². The van der Waals surface area contributed by atoms with Crippen molar-refractivity contribution in [3.8, 4) is 11.4 Å². The smallest absolute Gasteiger partial charge is 0.264 e. The molecule has 0 unspecified atom stereocenters. The lowest BCUT2D eigenvalue weighted by molar-refractivity contribution is 0.0301. The average molecular weight is 285 g/mol. The molecule has 0 bridgehead atoms. The molecule has 2 heterocycles.